The molecule has 3 heteroatoms. The Kier molecular flexibility index (Phi) is 3.70. The lowest BCUT2D eigenvalue weighted by Gasteiger charge is -2.10. The van der Waals surface area contributed by atoms with Crippen molar-refractivity contribution in [2.24, 2.45) is 0 Å². The summed E-state index contributed by atoms with van der Waals surface area (Å²) >= 11 is 3.31. The summed E-state index contributed by atoms with van der Waals surface area (Å²) in [6.07, 6.45) is 0. The molecular weight excluding hydrogens is 319 g/mol. The second kappa shape index (κ2) is 5.63. The van der Waals surface area contributed by atoms with E-state index >= 15 is 0 Å². The van der Waals surface area contributed by atoms with Gasteiger partial charge < -0.3 is 4.74 Å². The van der Waals surface area contributed by atoms with Crippen LogP contribution < -0.4 is 4.74 Å². The molecule has 0 spiro atoms. The first kappa shape index (κ1) is 13.1. The molecule has 0 radical (unpaired) electrons. The predicted octanol–water partition coefficient (Wildman–Crippen LogP) is 5.32. The van der Waals surface area contributed by atoms with Gasteiger partial charge in [0.05, 0.1) is 4.47 Å². The predicted molar refractivity (Wildman–Crippen MR) is 82.4 cm³/mol. The molecule has 3 aromatic carbocycles. The van der Waals surface area contributed by atoms with E-state index in [1.165, 1.54) is 22.9 Å². The summed E-state index contributed by atoms with van der Waals surface area (Å²) in [5.74, 6) is 0.355. The molecule has 20 heavy (non-hydrogen) atoms. The summed E-state index contributed by atoms with van der Waals surface area (Å²) in [6.45, 7) is 0.450. The van der Waals surface area contributed by atoms with Crippen LogP contribution in [0.25, 0.3) is 10.8 Å². The highest BCUT2D eigenvalue weighted by Crippen LogP contribution is 2.27. The highest BCUT2D eigenvalue weighted by Gasteiger charge is 2.05. The van der Waals surface area contributed by atoms with Gasteiger partial charge >= 0.3 is 0 Å². The van der Waals surface area contributed by atoms with E-state index in [4.69, 9.17) is 4.74 Å². The molecule has 100 valence electrons. The SMILES string of the molecule is Fc1ccc(OCc2cccc3ccccc23)c(Br)c1. The summed E-state index contributed by atoms with van der Waals surface area (Å²) in [5.41, 5.74) is 1.11. The lowest BCUT2D eigenvalue weighted by atomic mass is 10.1. The first-order chi connectivity index (χ1) is 9.74. The van der Waals surface area contributed by atoms with Crippen LogP contribution in [0.3, 0.4) is 0 Å². The van der Waals surface area contributed by atoms with Gasteiger partial charge in [-0.2, -0.15) is 0 Å². The van der Waals surface area contributed by atoms with Gasteiger partial charge in [0, 0.05) is 0 Å². The first-order valence-electron chi connectivity index (χ1n) is 6.28. The second-order valence-electron chi connectivity index (χ2n) is 4.50. The van der Waals surface area contributed by atoms with E-state index in [9.17, 15) is 4.39 Å². The molecule has 0 saturated carbocycles. The molecule has 3 aromatic rings. The number of benzene rings is 3. The average Bonchev–Trinajstić information content (AvgIpc) is 2.46. The minimum Gasteiger partial charge on any atom is -0.488 e. The van der Waals surface area contributed by atoms with Gasteiger partial charge in [-0.1, -0.05) is 42.5 Å². The van der Waals surface area contributed by atoms with E-state index in [1.807, 2.05) is 24.3 Å². The van der Waals surface area contributed by atoms with E-state index in [-0.39, 0.29) is 5.82 Å². The highest BCUT2D eigenvalue weighted by atomic mass is 79.9. The summed E-state index contributed by atoms with van der Waals surface area (Å²) in [4.78, 5) is 0. The molecule has 0 aliphatic carbocycles. The third-order valence-corrected chi connectivity index (χ3v) is 3.78. The fourth-order valence-corrected chi connectivity index (χ4v) is 2.63. The second-order valence-corrected chi connectivity index (χ2v) is 5.36. The Bertz CT molecular complexity index is 750. The molecule has 0 unspecified atom stereocenters. The Balaban J connectivity index is 1.87. The van der Waals surface area contributed by atoms with E-state index in [0.717, 1.165) is 5.56 Å². The zero-order chi connectivity index (χ0) is 13.9. The first-order valence-corrected chi connectivity index (χ1v) is 7.08. The van der Waals surface area contributed by atoms with Crippen LogP contribution >= 0.6 is 15.9 Å². The standard InChI is InChI=1S/C17H12BrFO/c18-16-10-14(19)8-9-17(16)20-11-13-6-3-5-12-4-1-2-7-15(12)13/h1-10H,11H2. The van der Waals surface area contributed by atoms with E-state index in [1.54, 1.807) is 6.07 Å². The maximum Gasteiger partial charge on any atom is 0.134 e. The summed E-state index contributed by atoms with van der Waals surface area (Å²) in [7, 11) is 0. The third-order valence-electron chi connectivity index (χ3n) is 3.16. The average molecular weight is 331 g/mol. The summed E-state index contributed by atoms with van der Waals surface area (Å²) < 4.78 is 19.4. The summed E-state index contributed by atoms with van der Waals surface area (Å²) in [6, 6.07) is 18.7. The zero-order valence-electron chi connectivity index (χ0n) is 10.6. The maximum absolute atomic E-state index is 13.0. The molecule has 0 atom stereocenters. The van der Waals surface area contributed by atoms with E-state index in [2.05, 4.69) is 34.1 Å². The third kappa shape index (κ3) is 2.68. The normalized spacial score (nSPS) is 10.7. The van der Waals surface area contributed by atoms with E-state index < -0.39 is 0 Å². The van der Waals surface area contributed by atoms with Crippen molar-refractivity contribution >= 4 is 26.7 Å². The van der Waals surface area contributed by atoms with Crippen molar-refractivity contribution in [2.45, 2.75) is 6.61 Å². The van der Waals surface area contributed by atoms with Crippen LogP contribution in [0.4, 0.5) is 4.39 Å². The number of rotatable bonds is 3. The molecule has 1 nitrogen and oxygen atoms in total. The Morgan fingerprint density at radius 1 is 0.950 bits per heavy atom. The van der Waals surface area contributed by atoms with E-state index in [0.29, 0.717) is 16.8 Å². The lowest BCUT2D eigenvalue weighted by Crippen LogP contribution is -1.97. The number of fused-ring (bicyclic) bond motifs is 1. The van der Waals surface area contributed by atoms with Gasteiger partial charge in [0.1, 0.15) is 18.2 Å². The number of halogens is 2. The van der Waals surface area contributed by atoms with Gasteiger partial charge in [0.15, 0.2) is 0 Å². The van der Waals surface area contributed by atoms with Crippen LogP contribution in [-0.4, -0.2) is 0 Å². The Morgan fingerprint density at radius 3 is 2.60 bits per heavy atom. The van der Waals surface area contributed by atoms with Gasteiger partial charge in [-0.05, 0) is 50.5 Å². The smallest absolute Gasteiger partial charge is 0.134 e. The van der Waals surface area contributed by atoms with Crippen LogP contribution in [0.2, 0.25) is 0 Å². The molecule has 0 aromatic heterocycles. The molecule has 0 N–H and O–H groups in total. The molecule has 0 amide bonds. The maximum atomic E-state index is 13.0. The Hall–Kier alpha value is -1.87. The summed E-state index contributed by atoms with van der Waals surface area (Å²) in [5, 5.41) is 2.36. The Labute approximate surface area is 125 Å². The molecule has 0 bridgehead atoms. The fraction of sp³-hybridized carbons (Fsp3) is 0.0588. The van der Waals surface area contributed by atoms with Gasteiger partial charge in [-0.15, -0.1) is 0 Å². The van der Waals surface area contributed by atoms with Gasteiger partial charge in [0.2, 0.25) is 0 Å². The number of ether oxygens (including phenoxy) is 1. The lowest BCUT2D eigenvalue weighted by molar-refractivity contribution is 0.305. The van der Waals surface area contributed by atoms with Crippen molar-refractivity contribution < 1.29 is 9.13 Å². The fourth-order valence-electron chi connectivity index (χ4n) is 2.17. The van der Waals surface area contributed by atoms with Crippen LogP contribution in [0.5, 0.6) is 5.75 Å². The van der Waals surface area contributed by atoms with Crippen LogP contribution in [0, 0.1) is 5.82 Å². The van der Waals surface area contributed by atoms with Gasteiger partial charge in [0.25, 0.3) is 0 Å². The molecule has 0 fully saturated rings. The van der Waals surface area contributed by atoms with Crippen molar-refractivity contribution in [2.75, 3.05) is 0 Å². The number of hydrogen-bond donors (Lipinski definition) is 0. The monoisotopic (exact) mass is 330 g/mol. The van der Waals surface area contributed by atoms with Crippen molar-refractivity contribution in [1.29, 1.82) is 0 Å². The zero-order valence-corrected chi connectivity index (χ0v) is 12.2. The molecule has 0 aliphatic heterocycles. The number of hydrogen-bond acceptors (Lipinski definition) is 1. The molecule has 0 saturated heterocycles. The minimum absolute atomic E-state index is 0.283. The van der Waals surface area contributed by atoms with Crippen LogP contribution in [0.1, 0.15) is 5.56 Å². The Morgan fingerprint density at radius 2 is 1.75 bits per heavy atom. The van der Waals surface area contributed by atoms with Crippen molar-refractivity contribution in [1.82, 2.24) is 0 Å². The van der Waals surface area contributed by atoms with Crippen molar-refractivity contribution in [3.8, 4) is 5.75 Å². The molecule has 0 aliphatic rings. The molecular formula is C17H12BrFO. The van der Waals surface area contributed by atoms with Crippen molar-refractivity contribution in [3.05, 3.63) is 76.5 Å². The highest BCUT2D eigenvalue weighted by molar-refractivity contribution is 9.10. The quantitative estimate of drug-likeness (QED) is 0.631. The molecule has 0 heterocycles. The van der Waals surface area contributed by atoms with Gasteiger partial charge in [-0.25, -0.2) is 4.39 Å². The van der Waals surface area contributed by atoms with Gasteiger partial charge in [-0.3, -0.25) is 0 Å². The van der Waals surface area contributed by atoms with Crippen LogP contribution in [0.15, 0.2) is 65.1 Å². The topological polar surface area (TPSA) is 9.23 Å². The molecule has 3 rings (SSSR count). The van der Waals surface area contributed by atoms with Crippen LogP contribution in [-0.2, 0) is 6.61 Å². The largest absolute Gasteiger partial charge is 0.488 e. The minimum atomic E-state index is -0.283. The van der Waals surface area contributed by atoms with Crippen molar-refractivity contribution in [3.63, 3.8) is 0 Å².